The molecule has 0 amide bonds. The number of rotatable bonds is 11. The van der Waals surface area contributed by atoms with Crippen molar-refractivity contribution in [2.24, 2.45) is 0 Å². The molecule has 0 atom stereocenters. The lowest BCUT2D eigenvalue weighted by atomic mass is 10.0. The molecule has 0 bridgehead atoms. The predicted octanol–water partition coefficient (Wildman–Crippen LogP) is 4.05. The second-order valence-corrected chi connectivity index (χ2v) is 8.95. The minimum absolute atomic E-state index is 0.245. The molecular formula is C26H36N8O. The molecule has 3 rings (SSSR count). The molecule has 0 aliphatic rings. The molecule has 1 heterocycles. The van der Waals surface area contributed by atoms with E-state index < -0.39 is 0 Å². The molecule has 0 spiro atoms. The van der Waals surface area contributed by atoms with E-state index in [0.29, 0.717) is 34.5 Å². The van der Waals surface area contributed by atoms with Crippen LogP contribution in [0.4, 0.5) is 28.7 Å². The summed E-state index contributed by atoms with van der Waals surface area (Å²) in [5.41, 5.74) is 11.0. The van der Waals surface area contributed by atoms with E-state index in [4.69, 9.17) is 15.9 Å². The number of anilines is 5. The van der Waals surface area contributed by atoms with Gasteiger partial charge in [-0.2, -0.15) is 0 Å². The van der Waals surface area contributed by atoms with Crippen LogP contribution in [-0.4, -0.2) is 68.0 Å². The second kappa shape index (κ2) is 11.5. The van der Waals surface area contributed by atoms with Crippen molar-refractivity contribution in [1.29, 1.82) is 5.41 Å². The maximum absolute atomic E-state index is 8.78. The zero-order valence-electron chi connectivity index (χ0n) is 21.4. The van der Waals surface area contributed by atoms with Crippen LogP contribution < -0.4 is 26.0 Å². The lowest BCUT2D eigenvalue weighted by Gasteiger charge is -2.24. The molecule has 0 saturated carbocycles. The monoisotopic (exact) mass is 476 g/mol. The molecule has 0 unspecified atom stereocenters. The van der Waals surface area contributed by atoms with Crippen molar-refractivity contribution in [2.45, 2.75) is 19.9 Å². The van der Waals surface area contributed by atoms with Crippen LogP contribution in [0.5, 0.6) is 5.75 Å². The van der Waals surface area contributed by atoms with Crippen LogP contribution in [-0.2, 0) is 0 Å². The Morgan fingerprint density at radius 3 is 2.51 bits per heavy atom. The van der Waals surface area contributed by atoms with Gasteiger partial charge in [-0.15, -0.1) is 0 Å². The fraction of sp³-hybridized carbons (Fsp3) is 0.346. The summed E-state index contributed by atoms with van der Waals surface area (Å²) in [5.74, 6) is 0.981. The van der Waals surface area contributed by atoms with Crippen LogP contribution in [0.15, 0.2) is 48.7 Å². The Bertz CT molecular complexity index is 1160. The van der Waals surface area contributed by atoms with Crippen molar-refractivity contribution < 1.29 is 4.74 Å². The highest BCUT2D eigenvalue weighted by Gasteiger charge is 2.16. The van der Waals surface area contributed by atoms with Gasteiger partial charge in [-0.1, -0.05) is 18.2 Å². The standard InChI is InChI=1S/C26H36N8O/c1-17(2)30-20-10-8-7-9-18(20)25(28)21-11-12-29-26(31-21)32-22-15-19(27)23(16-24(22)35-6)34(5)14-13-33(3)4/h7-12,15-17,28,30H,13-14,27H2,1-6H3,(H,29,31,32). The third-order valence-corrected chi connectivity index (χ3v) is 5.44. The van der Waals surface area contributed by atoms with E-state index in [-0.39, 0.29) is 6.04 Å². The van der Waals surface area contributed by atoms with Gasteiger partial charge in [0.15, 0.2) is 0 Å². The van der Waals surface area contributed by atoms with Crippen LogP contribution in [0, 0.1) is 5.41 Å². The van der Waals surface area contributed by atoms with Gasteiger partial charge in [-0.25, -0.2) is 9.97 Å². The number of nitrogen functional groups attached to an aromatic ring is 1. The van der Waals surface area contributed by atoms with Crippen molar-refractivity contribution in [3.63, 3.8) is 0 Å². The summed E-state index contributed by atoms with van der Waals surface area (Å²) in [5, 5.41) is 15.4. The molecule has 35 heavy (non-hydrogen) atoms. The molecule has 3 aromatic rings. The summed E-state index contributed by atoms with van der Waals surface area (Å²) in [6, 6.07) is 13.5. The largest absolute Gasteiger partial charge is 0.494 e. The number of nitrogens with one attached hydrogen (secondary N) is 3. The maximum atomic E-state index is 8.78. The quantitative estimate of drug-likeness (QED) is 0.242. The number of benzene rings is 2. The van der Waals surface area contributed by atoms with Crippen molar-refractivity contribution in [3.8, 4) is 5.75 Å². The highest BCUT2D eigenvalue weighted by Crippen LogP contribution is 2.36. The Balaban J connectivity index is 1.86. The molecule has 5 N–H and O–H groups in total. The summed E-state index contributed by atoms with van der Waals surface area (Å²) in [4.78, 5) is 13.2. The van der Waals surface area contributed by atoms with Gasteiger partial charge in [0.25, 0.3) is 0 Å². The van der Waals surface area contributed by atoms with Gasteiger partial charge in [0.1, 0.15) is 5.75 Å². The van der Waals surface area contributed by atoms with E-state index in [1.54, 1.807) is 19.4 Å². The zero-order chi connectivity index (χ0) is 25.5. The summed E-state index contributed by atoms with van der Waals surface area (Å²) in [6.45, 7) is 5.86. The first kappa shape index (κ1) is 25.8. The van der Waals surface area contributed by atoms with Crippen molar-refractivity contribution in [1.82, 2.24) is 14.9 Å². The van der Waals surface area contributed by atoms with Crippen LogP contribution >= 0.6 is 0 Å². The first-order valence-electron chi connectivity index (χ1n) is 11.6. The third-order valence-electron chi connectivity index (χ3n) is 5.44. The number of para-hydroxylation sites is 1. The first-order chi connectivity index (χ1) is 16.7. The average molecular weight is 477 g/mol. The van der Waals surface area contributed by atoms with E-state index in [1.807, 2.05) is 57.5 Å². The van der Waals surface area contributed by atoms with Gasteiger partial charge in [-0.3, -0.25) is 5.41 Å². The van der Waals surface area contributed by atoms with Gasteiger partial charge < -0.3 is 30.9 Å². The SMILES string of the molecule is COc1cc(N(C)CCN(C)C)c(N)cc1Nc1nccc(C(=N)c2ccccc2NC(C)C)n1. The number of hydrogen-bond donors (Lipinski definition) is 4. The number of likely N-dealkylation sites (N-methyl/N-ethyl adjacent to an activating group) is 2. The van der Waals surface area contributed by atoms with Gasteiger partial charge in [0, 0.05) is 49.7 Å². The fourth-order valence-corrected chi connectivity index (χ4v) is 3.61. The Kier molecular flexibility index (Phi) is 8.48. The Morgan fingerprint density at radius 1 is 1.09 bits per heavy atom. The molecule has 2 aromatic carbocycles. The number of aromatic nitrogens is 2. The Labute approximate surface area is 207 Å². The lowest BCUT2D eigenvalue weighted by molar-refractivity contribution is 0.413. The van der Waals surface area contributed by atoms with Gasteiger partial charge in [-0.05, 0) is 46.1 Å². The van der Waals surface area contributed by atoms with E-state index >= 15 is 0 Å². The second-order valence-electron chi connectivity index (χ2n) is 8.95. The molecule has 0 aliphatic heterocycles. The average Bonchev–Trinajstić information content (AvgIpc) is 2.82. The van der Waals surface area contributed by atoms with Crippen molar-refractivity contribution >= 4 is 34.4 Å². The van der Waals surface area contributed by atoms with Crippen LogP contribution in [0.2, 0.25) is 0 Å². The topological polar surface area (TPSA) is 115 Å². The summed E-state index contributed by atoms with van der Waals surface area (Å²) in [7, 11) is 7.70. The Hall–Kier alpha value is -3.85. The molecule has 1 aromatic heterocycles. The Morgan fingerprint density at radius 2 is 1.83 bits per heavy atom. The van der Waals surface area contributed by atoms with Crippen LogP contribution in [0.1, 0.15) is 25.1 Å². The molecule has 0 aliphatic carbocycles. The number of ether oxygens (including phenoxy) is 1. The molecule has 9 nitrogen and oxygen atoms in total. The zero-order valence-corrected chi connectivity index (χ0v) is 21.4. The van der Waals surface area contributed by atoms with E-state index in [0.717, 1.165) is 30.0 Å². The highest BCUT2D eigenvalue weighted by molar-refractivity contribution is 6.13. The van der Waals surface area contributed by atoms with Crippen molar-refractivity contribution in [3.05, 3.63) is 59.9 Å². The van der Waals surface area contributed by atoms with E-state index in [1.165, 1.54) is 0 Å². The van der Waals surface area contributed by atoms with Crippen molar-refractivity contribution in [2.75, 3.05) is 62.6 Å². The third kappa shape index (κ3) is 6.60. The summed E-state index contributed by atoms with van der Waals surface area (Å²) in [6.07, 6.45) is 1.64. The molecule has 0 saturated heterocycles. The van der Waals surface area contributed by atoms with Gasteiger partial charge in [0.2, 0.25) is 5.95 Å². The van der Waals surface area contributed by atoms with Gasteiger partial charge >= 0.3 is 0 Å². The molecule has 9 heteroatoms. The fourth-order valence-electron chi connectivity index (χ4n) is 3.61. The smallest absolute Gasteiger partial charge is 0.227 e. The van der Waals surface area contributed by atoms with Crippen LogP contribution in [0.3, 0.4) is 0 Å². The van der Waals surface area contributed by atoms with Crippen LogP contribution in [0.25, 0.3) is 0 Å². The number of methoxy groups -OCH3 is 1. The normalized spacial score (nSPS) is 11.0. The van der Waals surface area contributed by atoms with E-state index in [2.05, 4.69) is 44.2 Å². The minimum atomic E-state index is 0.245. The number of nitrogens with zero attached hydrogens (tertiary/aromatic N) is 4. The summed E-state index contributed by atoms with van der Waals surface area (Å²) >= 11 is 0. The number of hydrogen-bond acceptors (Lipinski definition) is 9. The maximum Gasteiger partial charge on any atom is 0.227 e. The predicted molar refractivity (Wildman–Crippen MR) is 146 cm³/mol. The first-order valence-corrected chi connectivity index (χ1v) is 11.6. The molecule has 0 radical (unpaired) electrons. The highest BCUT2D eigenvalue weighted by atomic mass is 16.5. The van der Waals surface area contributed by atoms with Gasteiger partial charge in [0.05, 0.1) is 35.6 Å². The summed E-state index contributed by atoms with van der Waals surface area (Å²) < 4.78 is 5.63. The molecule has 186 valence electrons. The number of nitrogens with two attached hydrogens (primary N) is 1. The van der Waals surface area contributed by atoms with E-state index in [9.17, 15) is 0 Å². The lowest BCUT2D eigenvalue weighted by Crippen LogP contribution is -2.29. The molecular weight excluding hydrogens is 440 g/mol. The minimum Gasteiger partial charge on any atom is -0.494 e. The molecule has 0 fully saturated rings.